The van der Waals surface area contributed by atoms with Crippen molar-refractivity contribution in [3.63, 3.8) is 0 Å². The predicted molar refractivity (Wildman–Crippen MR) is 77.9 cm³/mol. The molecule has 1 amide bonds. The summed E-state index contributed by atoms with van der Waals surface area (Å²) in [6, 6.07) is 4.00. The van der Waals surface area contributed by atoms with Crippen LogP contribution in [0.15, 0.2) is 18.2 Å². The zero-order chi connectivity index (χ0) is 13.8. The summed E-state index contributed by atoms with van der Waals surface area (Å²) in [5, 5.41) is 0. The van der Waals surface area contributed by atoms with Gasteiger partial charge in [-0.15, -0.1) is 12.4 Å². The average molecular weight is 303 g/mol. The van der Waals surface area contributed by atoms with Crippen LogP contribution in [0, 0.1) is 11.7 Å². The van der Waals surface area contributed by atoms with Crippen LogP contribution >= 0.6 is 12.4 Å². The molecule has 1 saturated heterocycles. The molecule has 6 heteroatoms. The molecular formula is C14H20ClFN2O2. The molecule has 0 aliphatic carbocycles. The van der Waals surface area contributed by atoms with Crippen LogP contribution in [0.1, 0.15) is 23.2 Å². The van der Waals surface area contributed by atoms with Crippen molar-refractivity contribution < 1.29 is 13.9 Å². The van der Waals surface area contributed by atoms with Crippen molar-refractivity contribution in [1.29, 1.82) is 0 Å². The van der Waals surface area contributed by atoms with Crippen molar-refractivity contribution in [3.05, 3.63) is 29.6 Å². The monoisotopic (exact) mass is 302 g/mol. The normalized spacial score (nSPS) is 15.7. The topological polar surface area (TPSA) is 55.6 Å². The van der Waals surface area contributed by atoms with Gasteiger partial charge >= 0.3 is 0 Å². The fraction of sp³-hybridized carbons (Fsp3) is 0.500. The number of ether oxygens (including phenoxy) is 1. The first-order chi connectivity index (χ1) is 9.15. The van der Waals surface area contributed by atoms with Crippen molar-refractivity contribution >= 4 is 18.3 Å². The summed E-state index contributed by atoms with van der Waals surface area (Å²) in [4.78, 5) is 14.1. The quantitative estimate of drug-likeness (QED) is 0.930. The summed E-state index contributed by atoms with van der Waals surface area (Å²) in [5.74, 6) is 0.290. The first-order valence-electron chi connectivity index (χ1n) is 6.48. The third-order valence-electron chi connectivity index (χ3n) is 3.63. The van der Waals surface area contributed by atoms with E-state index in [-0.39, 0.29) is 23.9 Å². The van der Waals surface area contributed by atoms with Crippen molar-refractivity contribution in [2.45, 2.75) is 12.8 Å². The number of amides is 1. The van der Waals surface area contributed by atoms with Crippen LogP contribution in [-0.2, 0) is 0 Å². The minimum absolute atomic E-state index is 0. The Morgan fingerprint density at radius 1 is 1.45 bits per heavy atom. The molecule has 0 bridgehead atoms. The van der Waals surface area contributed by atoms with Crippen LogP contribution in [0.5, 0.6) is 5.75 Å². The van der Waals surface area contributed by atoms with Crippen molar-refractivity contribution in [1.82, 2.24) is 4.90 Å². The van der Waals surface area contributed by atoms with Gasteiger partial charge in [-0.1, -0.05) is 0 Å². The Labute approximate surface area is 124 Å². The number of methoxy groups -OCH3 is 1. The van der Waals surface area contributed by atoms with Gasteiger partial charge in [-0.25, -0.2) is 4.39 Å². The Balaban J connectivity index is 0.00000200. The maximum Gasteiger partial charge on any atom is 0.257 e. The molecule has 1 aliphatic rings. The van der Waals surface area contributed by atoms with E-state index >= 15 is 0 Å². The molecule has 0 spiro atoms. The molecule has 1 aliphatic heterocycles. The average Bonchev–Trinajstić information content (AvgIpc) is 2.46. The second-order valence-corrected chi connectivity index (χ2v) is 4.82. The van der Waals surface area contributed by atoms with Gasteiger partial charge in [0, 0.05) is 13.1 Å². The minimum Gasteiger partial charge on any atom is -0.496 e. The third kappa shape index (κ3) is 3.61. The predicted octanol–water partition coefficient (Wildman–Crippen LogP) is 2.07. The lowest BCUT2D eigenvalue weighted by Gasteiger charge is -2.31. The number of carbonyl (C=O) groups excluding carboxylic acids is 1. The standard InChI is InChI=1S/C14H19FN2O2.ClH/c1-19-13-3-2-11(15)8-12(13)14(18)17-6-4-10(9-16)5-7-17;/h2-3,8,10H,4-7,9,16H2,1H3;1H. The van der Waals surface area contributed by atoms with Crippen LogP contribution < -0.4 is 10.5 Å². The summed E-state index contributed by atoms with van der Waals surface area (Å²) in [5.41, 5.74) is 5.91. The number of carbonyl (C=O) groups is 1. The van der Waals surface area contributed by atoms with Gasteiger partial charge in [-0.2, -0.15) is 0 Å². The number of nitrogens with zero attached hydrogens (tertiary/aromatic N) is 1. The first kappa shape index (κ1) is 16.7. The van der Waals surface area contributed by atoms with Gasteiger partial charge in [-0.05, 0) is 43.5 Å². The van der Waals surface area contributed by atoms with E-state index in [9.17, 15) is 9.18 Å². The molecule has 2 N–H and O–H groups in total. The summed E-state index contributed by atoms with van der Waals surface area (Å²) < 4.78 is 18.4. The Morgan fingerprint density at radius 3 is 2.65 bits per heavy atom. The van der Waals surface area contributed by atoms with Crippen LogP contribution in [0.4, 0.5) is 4.39 Å². The SMILES string of the molecule is COc1ccc(F)cc1C(=O)N1CCC(CN)CC1.Cl. The Bertz CT molecular complexity index is 462. The second-order valence-electron chi connectivity index (χ2n) is 4.82. The second kappa shape index (κ2) is 7.45. The van der Waals surface area contributed by atoms with E-state index in [4.69, 9.17) is 10.5 Å². The van der Waals surface area contributed by atoms with Gasteiger partial charge < -0.3 is 15.4 Å². The highest BCUT2D eigenvalue weighted by Crippen LogP contribution is 2.24. The molecule has 0 radical (unpaired) electrons. The minimum atomic E-state index is -0.430. The summed E-state index contributed by atoms with van der Waals surface area (Å²) in [7, 11) is 1.48. The van der Waals surface area contributed by atoms with Crippen LogP contribution in [0.25, 0.3) is 0 Å². The Morgan fingerprint density at radius 2 is 2.10 bits per heavy atom. The maximum absolute atomic E-state index is 13.3. The van der Waals surface area contributed by atoms with E-state index in [0.29, 0.717) is 31.3 Å². The van der Waals surface area contributed by atoms with Gasteiger partial charge in [0.05, 0.1) is 12.7 Å². The first-order valence-corrected chi connectivity index (χ1v) is 6.48. The molecule has 1 fully saturated rings. The largest absolute Gasteiger partial charge is 0.496 e. The zero-order valence-electron chi connectivity index (χ0n) is 11.5. The summed E-state index contributed by atoms with van der Waals surface area (Å²) >= 11 is 0. The van der Waals surface area contributed by atoms with E-state index in [1.807, 2.05) is 0 Å². The highest BCUT2D eigenvalue weighted by Gasteiger charge is 2.25. The molecule has 112 valence electrons. The van der Waals surface area contributed by atoms with Gasteiger partial charge in [-0.3, -0.25) is 4.79 Å². The summed E-state index contributed by atoms with van der Waals surface area (Å²) in [6.45, 7) is 1.99. The van der Waals surface area contributed by atoms with Crippen molar-refractivity contribution in [2.75, 3.05) is 26.7 Å². The number of hydrogen-bond donors (Lipinski definition) is 1. The summed E-state index contributed by atoms with van der Waals surface area (Å²) in [6.07, 6.45) is 1.81. The van der Waals surface area contributed by atoms with E-state index < -0.39 is 5.82 Å². The van der Waals surface area contributed by atoms with Gasteiger partial charge in [0.2, 0.25) is 0 Å². The van der Waals surface area contributed by atoms with Gasteiger partial charge in [0.1, 0.15) is 11.6 Å². The molecule has 4 nitrogen and oxygen atoms in total. The smallest absolute Gasteiger partial charge is 0.257 e. The number of hydrogen-bond acceptors (Lipinski definition) is 3. The number of likely N-dealkylation sites (tertiary alicyclic amines) is 1. The third-order valence-corrected chi connectivity index (χ3v) is 3.63. The molecule has 1 heterocycles. The van der Waals surface area contributed by atoms with E-state index in [1.165, 1.54) is 25.3 Å². The molecule has 2 rings (SSSR count). The van der Waals surface area contributed by atoms with Crippen molar-refractivity contribution in [3.8, 4) is 5.75 Å². The Hall–Kier alpha value is -1.33. The molecule has 0 saturated carbocycles. The molecule has 20 heavy (non-hydrogen) atoms. The molecule has 1 aromatic carbocycles. The molecule has 0 unspecified atom stereocenters. The van der Waals surface area contributed by atoms with E-state index in [1.54, 1.807) is 4.90 Å². The number of halogens is 2. The lowest BCUT2D eigenvalue weighted by Crippen LogP contribution is -2.40. The van der Waals surface area contributed by atoms with Crippen LogP contribution in [-0.4, -0.2) is 37.6 Å². The van der Waals surface area contributed by atoms with Crippen LogP contribution in [0.3, 0.4) is 0 Å². The van der Waals surface area contributed by atoms with Crippen LogP contribution in [0.2, 0.25) is 0 Å². The van der Waals surface area contributed by atoms with Gasteiger partial charge in [0.15, 0.2) is 0 Å². The number of nitrogens with two attached hydrogens (primary N) is 1. The molecule has 0 aromatic heterocycles. The Kier molecular flexibility index (Phi) is 6.23. The number of rotatable bonds is 3. The lowest BCUT2D eigenvalue weighted by molar-refractivity contribution is 0.0689. The van der Waals surface area contributed by atoms with Crippen molar-refractivity contribution in [2.24, 2.45) is 11.7 Å². The lowest BCUT2D eigenvalue weighted by atomic mass is 9.96. The molecule has 0 atom stereocenters. The highest BCUT2D eigenvalue weighted by molar-refractivity contribution is 5.97. The highest BCUT2D eigenvalue weighted by atomic mass is 35.5. The van der Waals surface area contributed by atoms with Gasteiger partial charge in [0.25, 0.3) is 5.91 Å². The number of benzene rings is 1. The maximum atomic E-state index is 13.3. The fourth-order valence-electron chi connectivity index (χ4n) is 2.39. The molecular weight excluding hydrogens is 283 g/mol. The fourth-order valence-corrected chi connectivity index (χ4v) is 2.39. The molecule has 1 aromatic rings. The van der Waals surface area contributed by atoms with E-state index in [2.05, 4.69) is 0 Å². The number of piperidine rings is 1. The van der Waals surface area contributed by atoms with E-state index in [0.717, 1.165) is 12.8 Å². The zero-order valence-corrected chi connectivity index (χ0v) is 12.3.